The van der Waals surface area contributed by atoms with Crippen LogP contribution in [0.5, 0.6) is 5.75 Å². The smallest absolute Gasteiger partial charge is 0.202 e. The number of hydrogen-bond donors (Lipinski definition) is 0. The number of rotatable bonds is 2. The van der Waals surface area contributed by atoms with E-state index in [2.05, 4.69) is 21.1 Å². The Labute approximate surface area is 89.8 Å². The second-order valence-corrected chi connectivity index (χ2v) is 3.50. The van der Waals surface area contributed by atoms with Gasteiger partial charge in [-0.15, -0.1) is 0 Å². The van der Waals surface area contributed by atoms with Crippen LogP contribution in [0.15, 0.2) is 39.5 Å². The molecular formula is C10H8BrNO2. The molecule has 0 amide bonds. The Kier molecular flexibility index (Phi) is 2.54. The van der Waals surface area contributed by atoms with Gasteiger partial charge in [0.2, 0.25) is 4.67 Å². The van der Waals surface area contributed by atoms with E-state index in [0.29, 0.717) is 4.67 Å². The minimum atomic E-state index is 0.610. The molecule has 3 nitrogen and oxygen atoms in total. The van der Waals surface area contributed by atoms with Crippen molar-refractivity contribution >= 4 is 15.9 Å². The van der Waals surface area contributed by atoms with E-state index in [1.165, 1.54) is 0 Å². The summed E-state index contributed by atoms with van der Waals surface area (Å²) in [5.41, 5.74) is 1.68. The lowest BCUT2D eigenvalue weighted by Gasteiger charge is -2.03. The van der Waals surface area contributed by atoms with Crippen LogP contribution in [0.2, 0.25) is 0 Å². The molecule has 2 aromatic rings. The Morgan fingerprint density at radius 2 is 2.14 bits per heavy atom. The van der Waals surface area contributed by atoms with Crippen LogP contribution in [-0.4, -0.2) is 12.3 Å². The third kappa shape index (κ3) is 1.65. The zero-order chi connectivity index (χ0) is 9.97. The molecule has 0 aliphatic rings. The monoisotopic (exact) mass is 253 g/mol. The van der Waals surface area contributed by atoms with E-state index in [1.807, 2.05) is 24.3 Å². The first-order chi connectivity index (χ1) is 6.81. The van der Waals surface area contributed by atoms with Gasteiger partial charge in [-0.05, 0) is 28.1 Å². The zero-order valence-electron chi connectivity index (χ0n) is 7.53. The lowest BCUT2D eigenvalue weighted by molar-refractivity contribution is 0.399. The van der Waals surface area contributed by atoms with Crippen LogP contribution < -0.4 is 4.74 Å². The molecule has 0 atom stereocenters. The highest BCUT2D eigenvalue weighted by atomic mass is 79.9. The van der Waals surface area contributed by atoms with Crippen molar-refractivity contribution in [3.05, 3.63) is 35.0 Å². The zero-order valence-corrected chi connectivity index (χ0v) is 9.11. The van der Waals surface area contributed by atoms with Gasteiger partial charge in [-0.2, -0.15) is 0 Å². The van der Waals surface area contributed by atoms with Crippen LogP contribution in [0.3, 0.4) is 0 Å². The summed E-state index contributed by atoms with van der Waals surface area (Å²) >= 11 is 3.21. The summed E-state index contributed by atoms with van der Waals surface area (Å²) in [6.45, 7) is 0. The Morgan fingerprint density at radius 3 is 2.79 bits per heavy atom. The summed E-state index contributed by atoms with van der Waals surface area (Å²) in [4.78, 5) is 0. The highest BCUT2D eigenvalue weighted by Gasteiger charge is 2.08. The van der Waals surface area contributed by atoms with Crippen molar-refractivity contribution in [3.63, 3.8) is 0 Å². The summed E-state index contributed by atoms with van der Waals surface area (Å²) in [5, 5.41) is 3.89. The predicted octanol–water partition coefficient (Wildman–Crippen LogP) is 3.11. The standard InChI is InChI=1S/C10H8BrNO2/c1-13-9-5-3-2-4-7(9)8-6-10(11)14-12-8/h2-6H,1H3. The van der Waals surface area contributed by atoms with E-state index >= 15 is 0 Å². The maximum Gasteiger partial charge on any atom is 0.202 e. The fraction of sp³-hybridized carbons (Fsp3) is 0.100. The van der Waals surface area contributed by atoms with E-state index in [9.17, 15) is 0 Å². The number of ether oxygens (including phenoxy) is 1. The molecule has 0 aliphatic carbocycles. The summed E-state index contributed by atoms with van der Waals surface area (Å²) in [7, 11) is 1.63. The topological polar surface area (TPSA) is 35.3 Å². The molecule has 2 rings (SSSR count). The molecule has 72 valence electrons. The average molecular weight is 254 g/mol. The maximum absolute atomic E-state index is 5.21. The largest absolute Gasteiger partial charge is 0.496 e. The molecule has 0 N–H and O–H groups in total. The molecule has 0 fully saturated rings. The van der Waals surface area contributed by atoms with E-state index in [0.717, 1.165) is 17.0 Å². The van der Waals surface area contributed by atoms with E-state index in [4.69, 9.17) is 9.26 Å². The van der Waals surface area contributed by atoms with Gasteiger partial charge in [0.1, 0.15) is 11.4 Å². The van der Waals surface area contributed by atoms with E-state index in [-0.39, 0.29) is 0 Å². The first-order valence-electron chi connectivity index (χ1n) is 4.07. The highest BCUT2D eigenvalue weighted by molar-refractivity contribution is 9.10. The first kappa shape index (κ1) is 9.27. The highest BCUT2D eigenvalue weighted by Crippen LogP contribution is 2.29. The van der Waals surface area contributed by atoms with Crippen molar-refractivity contribution in [3.8, 4) is 17.0 Å². The SMILES string of the molecule is COc1ccccc1-c1cc(Br)on1. The number of hydrogen-bond acceptors (Lipinski definition) is 3. The molecule has 0 bridgehead atoms. The van der Waals surface area contributed by atoms with Crippen LogP contribution >= 0.6 is 15.9 Å². The fourth-order valence-corrected chi connectivity index (χ4v) is 1.53. The fourth-order valence-electron chi connectivity index (χ4n) is 1.24. The van der Waals surface area contributed by atoms with Gasteiger partial charge in [0.05, 0.1) is 7.11 Å². The molecule has 1 aromatic heterocycles. The van der Waals surface area contributed by atoms with Crippen LogP contribution in [0.4, 0.5) is 0 Å². The quantitative estimate of drug-likeness (QED) is 0.825. The van der Waals surface area contributed by atoms with E-state index in [1.54, 1.807) is 13.2 Å². The normalized spacial score (nSPS) is 10.1. The number of para-hydroxylation sites is 1. The summed E-state index contributed by atoms with van der Waals surface area (Å²) in [6, 6.07) is 9.47. The lowest BCUT2D eigenvalue weighted by atomic mass is 10.1. The molecule has 14 heavy (non-hydrogen) atoms. The molecular weight excluding hydrogens is 246 g/mol. The number of methoxy groups -OCH3 is 1. The van der Waals surface area contributed by atoms with Gasteiger partial charge in [-0.25, -0.2) is 0 Å². The maximum atomic E-state index is 5.21. The Morgan fingerprint density at radius 1 is 1.36 bits per heavy atom. The van der Waals surface area contributed by atoms with Crippen molar-refractivity contribution in [1.82, 2.24) is 5.16 Å². The van der Waals surface area contributed by atoms with Crippen molar-refractivity contribution in [2.75, 3.05) is 7.11 Å². The Bertz CT molecular complexity index is 439. The minimum Gasteiger partial charge on any atom is -0.496 e. The Hall–Kier alpha value is -1.29. The van der Waals surface area contributed by atoms with Crippen LogP contribution in [0.1, 0.15) is 0 Å². The van der Waals surface area contributed by atoms with Gasteiger partial charge in [0.25, 0.3) is 0 Å². The van der Waals surface area contributed by atoms with Gasteiger partial charge >= 0.3 is 0 Å². The summed E-state index contributed by atoms with van der Waals surface area (Å²) in [5.74, 6) is 0.785. The molecule has 1 heterocycles. The molecule has 0 aliphatic heterocycles. The van der Waals surface area contributed by atoms with Crippen molar-refractivity contribution in [2.45, 2.75) is 0 Å². The second-order valence-electron chi connectivity index (χ2n) is 2.72. The first-order valence-corrected chi connectivity index (χ1v) is 4.86. The Balaban J connectivity index is 2.50. The molecule has 0 saturated heterocycles. The van der Waals surface area contributed by atoms with Crippen molar-refractivity contribution in [1.29, 1.82) is 0 Å². The van der Waals surface area contributed by atoms with Crippen LogP contribution in [0, 0.1) is 0 Å². The van der Waals surface area contributed by atoms with Crippen LogP contribution in [0.25, 0.3) is 11.3 Å². The second kappa shape index (κ2) is 3.84. The molecule has 0 radical (unpaired) electrons. The number of nitrogens with zero attached hydrogens (tertiary/aromatic N) is 1. The third-order valence-electron chi connectivity index (χ3n) is 1.86. The molecule has 0 unspecified atom stereocenters. The lowest BCUT2D eigenvalue weighted by Crippen LogP contribution is -1.86. The number of benzene rings is 1. The van der Waals surface area contributed by atoms with Gasteiger partial charge in [0.15, 0.2) is 0 Å². The minimum absolute atomic E-state index is 0.610. The van der Waals surface area contributed by atoms with Crippen molar-refractivity contribution < 1.29 is 9.26 Å². The average Bonchev–Trinajstić information content (AvgIpc) is 2.65. The van der Waals surface area contributed by atoms with Gasteiger partial charge in [-0.3, -0.25) is 0 Å². The van der Waals surface area contributed by atoms with Crippen LogP contribution in [-0.2, 0) is 0 Å². The molecule has 4 heteroatoms. The van der Waals surface area contributed by atoms with Gasteiger partial charge in [-0.1, -0.05) is 17.3 Å². The predicted molar refractivity (Wildman–Crippen MR) is 56.2 cm³/mol. The molecule has 0 saturated carbocycles. The van der Waals surface area contributed by atoms with Crippen molar-refractivity contribution in [2.24, 2.45) is 0 Å². The number of aromatic nitrogens is 1. The number of halogens is 1. The molecule has 0 spiro atoms. The van der Waals surface area contributed by atoms with Gasteiger partial charge < -0.3 is 9.26 Å². The van der Waals surface area contributed by atoms with Gasteiger partial charge in [0, 0.05) is 11.6 Å². The summed E-state index contributed by atoms with van der Waals surface area (Å²) in [6.07, 6.45) is 0. The van der Waals surface area contributed by atoms with E-state index < -0.39 is 0 Å². The third-order valence-corrected chi connectivity index (χ3v) is 2.24. The molecule has 1 aromatic carbocycles. The summed E-state index contributed by atoms with van der Waals surface area (Å²) < 4.78 is 10.8.